The fourth-order valence-electron chi connectivity index (χ4n) is 2.69. The van der Waals surface area contributed by atoms with Crippen molar-refractivity contribution in [1.82, 2.24) is 0 Å². The van der Waals surface area contributed by atoms with E-state index in [0.717, 1.165) is 29.0 Å². The summed E-state index contributed by atoms with van der Waals surface area (Å²) < 4.78 is 6.08. The summed E-state index contributed by atoms with van der Waals surface area (Å²) in [6.45, 7) is 8.15. The van der Waals surface area contributed by atoms with E-state index >= 15 is 0 Å². The smallest absolute Gasteiger partial charge is 0.265 e. The molecule has 2 atom stereocenters. The van der Waals surface area contributed by atoms with Crippen LogP contribution in [-0.4, -0.2) is 12.0 Å². The quantitative estimate of drug-likeness (QED) is 0.706. The minimum absolute atomic E-state index is 0.157. The van der Waals surface area contributed by atoms with Gasteiger partial charge >= 0.3 is 0 Å². The third kappa shape index (κ3) is 4.53. The molecule has 0 saturated carbocycles. The van der Waals surface area contributed by atoms with Crippen molar-refractivity contribution in [3.8, 4) is 5.75 Å². The molecular formula is C21H28N2O2. The van der Waals surface area contributed by atoms with Crippen molar-refractivity contribution in [1.29, 1.82) is 0 Å². The second kappa shape index (κ2) is 8.56. The Kier molecular flexibility index (Phi) is 6.45. The van der Waals surface area contributed by atoms with Crippen molar-refractivity contribution < 1.29 is 9.53 Å². The van der Waals surface area contributed by atoms with Gasteiger partial charge in [0, 0.05) is 11.4 Å². The summed E-state index contributed by atoms with van der Waals surface area (Å²) in [5, 5.41) is 2.94. The molecule has 0 aliphatic rings. The monoisotopic (exact) mass is 340 g/mol. The number of anilines is 2. The normalized spacial score (nSPS) is 13.1. The maximum atomic E-state index is 12.7. The number of para-hydroxylation sites is 1. The fourth-order valence-corrected chi connectivity index (χ4v) is 2.69. The minimum Gasteiger partial charge on any atom is -0.480 e. The molecule has 0 aliphatic carbocycles. The van der Waals surface area contributed by atoms with Crippen LogP contribution in [0.2, 0.25) is 0 Å². The second-order valence-electron chi connectivity index (χ2n) is 6.37. The van der Waals surface area contributed by atoms with Crippen molar-refractivity contribution in [3.63, 3.8) is 0 Å². The van der Waals surface area contributed by atoms with Gasteiger partial charge in [0.05, 0.1) is 0 Å². The Morgan fingerprint density at radius 3 is 2.52 bits per heavy atom. The van der Waals surface area contributed by atoms with E-state index in [9.17, 15) is 4.79 Å². The zero-order valence-corrected chi connectivity index (χ0v) is 15.5. The van der Waals surface area contributed by atoms with Crippen LogP contribution in [0.15, 0.2) is 42.5 Å². The molecular weight excluding hydrogens is 312 g/mol. The number of carbonyl (C=O) groups is 1. The highest BCUT2D eigenvalue weighted by atomic mass is 16.5. The Morgan fingerprint density at radius 2 is 1.84 bits per heavy atom. The molecule has 0 fully saturated rings. The molecule has 2 rings (SSSR count). The number of ether oxygens (including phenoxy) is 1. The predicted octanol–water partition coefficient (Wildman–Crippen LogP) is 4.89. The first-order valence-corrected chi connectivity index (χ1v) is 8.89. The molecule has 1 amide bonds. The molecule has 0 aromatic heterocycles. The summed E-state index contributed by atoms with van der Waals surface area (Å²) in [6, 6.07) is 13.4. The van der Waals surface area contributed by atoms with E-state index in [-0.39, 0.29) is 5.91 Å². The van der Waals surface area contributed by atoms with Crippen LogP contribution in [0.3, 0.4) is 0 Å². The summed E-state index contributed by atoms with van der Waals surface area (Å²) in [5.41, 5.74) is 9.30. The molecule has 0 bridgehead atoms. The molecule has 0 aliphatic heterocycles. The van der Waals surface area contributed by atoms with Gasteiger partial charge in [0.25, 0.3) is 5.91 Å². The Morgan fingerprint density at radius 1 is 1.12 bits per heavy atom. The van der Waals surface area contributed by atoms with Crippen LogP contribution < -0.4 is 15.8 Å². The Hall–Kier alpha value is -2.49. The largest absolute Gasteiger partial charge is 0.480 e. The molecule has 0 radical (unpaired) electrons. The SMILES string of the molecule is CC[C@@H](C)c1ccccc1O[C@H](CC)C(=O)Nc1cccc(N)c1C. The van der Waals surface area contributed by atoms with E-state index in [1.54, 1.807) is 0 Å². The average Bonchev–Trinajstić information content (AvgIpc) is 2.63. The van der Waals surface area contributed by atoms with Crippen molar-refractivity contribution in [2.24, 2.45) is 0 Å². The summed E-state index contributed by atoms with van der Waals surface area (Å²) in [7, 11) is 0. The lowest BCUT2D eigenvalue weighted by atomic mass is 9.98. The van der Waals surface area contributed by atoms with Gasteiger partial charge in [-0.1, -0.05) is 45.0 Å². The van der Waals surface area contributed by atoms with E-state index in [2.05, 4.69) is 25.2 Å². The van der Waals surface area contributed by atoms with Gasteiger partial charge in [-0.2, -0.15) is 0 Å². The number of nitrogens with one attached hydrogen (secondary N) is 1. The predicted molar refractivity (Wildman–Crippen MR) is 104 cm³/mol. The zero-order valence-electron chi connectivity index (χ0n) is 15.5. The van der Waals surface area contributed by atoms with E-state index in [4.69, 9.17) is 10.5 Å². The topological polar surface area (TPSA) is 64.3 Å². The summed E-state index contributed by atoms with van der Waals surface area (Å²) in [5.74, 6) is 1.01. The van der Waals surface area contributed by atoms with Gasteiger partial charge in [0.15, 0.2) is 6.10 Å². The van der Waals surface area contributed by atoms with Gasteiger partial charge in [0.2, 0.25) is 0 Å². The maximum absolute atomic E-state index is 12.7. The van der Waals surface area contributed by atoms with Crippen LogP contribution in [0.5, 0.6) is 5.75 Å². The average molecular weight is 340 g/mol. The molecule has 134 valence electrons. The van der Waals surface area contributed by atoms with Gasteiger partial charge in [0.1, 0.15) is 5.75 Å². The molecule has 25 heavy (non-hydrogen) atoms. The third-order valence-corrected chi connectivity index (χ3v) is 4.63. The molecule has 2 aromatic rings. The van der Waals surface area contributed by atoms with Gasteiger partial charge in [-0.15, -0.1) is 0 Å². The van der Waals surface area contributed by atoms with Gasteiger partial charge in [-0.25, -0.2) is 0 Å². The molecule has 3 N–H and O–H groups in total. The summed E-state index contributed by atoms with van der Waals surface area (Å²) in [4.78, 5) is 12.7. The number of hydrogen-bond acceptors (Lipinski definition) is 3. The van der Waals surface area contributed by atoms with Crippen LogP contribution in [-0.2, 0) is 4.79 Å². The van der Waals surface area contributed by atoms with E-state index < -0.39 is 6.10 Å². The fraction of sp³-hybridized carbons (Fsp3) is 0.381. The molecule has 0 saturated heterocycles. The summed E-state index contributed by atoms with van der Waals surface area (Å²) in [6.07, 6.45) is 1.06. The maximum Gasteiger partial charge on any atom is 0.265 e. The molecule has 4 nitrogen and oxygen atoms in total. The third-order valence-electron chi connectivity index (χ3n) is 4.63. The number of nitrogens with two attached hydrogens (primary N) is 1. The first-order valence-electron chi connectivity index (χ1n) is 8.89. The number of hydrogen-bond donors (Lipinski definition) is 2. The van der Waals surface area contributed by atoms with Crippen molar-refractivity contribution >= 4 is 17.3 Å². The van der Waals surface area contributed by atoms with Gasteiger partial charge in [-0.05, 0) is 55.0 Å². The highest BCUT2D eigenvalue weighted by molar-refractivity contribution is 5.95. The molecule has 0 unspecified atom stereocenters. The lowest BCUT2D eigenvalue weighted by Crippen LogP contribution is -2.33. The number of carbonyl (C=O) groups excluding carboxylic acids is 1. The number of benzene rings is 2. The van der Waals surface area contributed by atoms with E-state index in [0.29, 0.717) is 18.0 Å². The lowest BCUT2D eigenvalue weighted by Gasteiger charge is -2.22. The van der Waals surface area contributed by atoms with Gasteiger partial charge < -0.3 is 15.8 Å². The van der Waals surface area contributed by atoms with Crippen LogP contribution in [0.1, 0.15) is 50.7 Å². The number of nitrogen functional groups attached to an aromatic ring is 1. The lowest BCUT2D eigenvalue weighted by molar-refractivity contribution is -0.122. The highest BCUT2D eigenvalue weighted by Crippen LogP contribution is 2.30. The molecule has 0 spiro atoms. The molecule has 0 heterocycles. The van der Waals surface area contributed by atoms with Crippen LogP contribution in [0.25, 0.3) is 0 Å². The summed E-state index contributed by atoms with van der Waals surface area (Å²) >= 11 is 0. The number of amides is 1. The Labute approximate surface area is 150 Å². The number of rotatable bonds is 7. The van der Waals surface area contributed by atoms with Crippen molar-refractivity contribution in [3.05, 3.63) is 53.6 Å². The first-order chi connectivity index (χ1) is 12.0. The standard InChI is InChI=1S/C21H28N2O2/c1-5-14(3)16-10-7-8-13-20(16)25-19(6-2)21(24)23-18-12-9-11-17(22)15(18)4/h7-14,19H,5-6,22H2,1-4H3,(H,23,24)/t14-,19-/m1/s1. The van der Waals surface area contributed by atoms with Crippen molar-refractivity contribution in [2.75, 3.05) is 11.1 Å². The van der Waals surface area contributed by atoms with Crippen LogP contribution in [0.4, 0.5) is 11.4 Å². The van der Waals surface area contributed by atoms with Crippen LogP contribution in [0, 0.1) is 6.92 Å². The van der Waals surface area contributed by atoms with E-state index in [1.165, 1.54) is 0 Å². The molecule has 4 heteroatoms. The molecule has 2 aromatic carbocycles. The van der Waals surface area contributed by atoms with Crippen molar-refractivity contribution in [2.45, 2.75) is 52.6 Å². The first kappa shape index (κ1) is 18.8. The minimum atomic E-state index is -0.550. The van der Waals surface area contributed by atoms with E-state index in [1.807, 2.05) is 50.2 Å². The highest BCUT2D eigenvalue weighted by Gasteiger charge is 2.21. The second-order valence-corrected chi connectivity index (χ2v) is 6.37. The van der Waals surface area contributed by atoms with Gasteiger partial charge in [-0.3, -0.25) is 4.79 Å². The zero-order chi connectivity index (χ0) is 18.4. The Balaban J connectivity index is 2.17. The Bertz CT molecular complexity index is 728. The van der Waals surface area contributed by atoms with Crippen LogP contribution >= 0.6 is 0 Å².